The lowest BCUT2D eigenvalue weighted by atomic mass is 10.1. The summed E-state index contributed by atoms with van der Waals surface area (Å²) in [5.41, 5.74) is 2.53. The maximum Gasteiger partial charge on any atom is 0.256 e. The van der Waals surface area contributed by atoms with Crippen molar-refractivity contribution in [2.24, 2.45) is 0 Å². The Labute approximate surface area is 125 Å². The maximum absolute atomic E-state index is 12.1. The SMILES string of the molecule is CCc1ccc(NC(=O)c2cc(Cl)ccc2Br)cc1. The number of halogens is 2. The van der Waals surface area contributed by atoms with Crippen LogP contribution in [-0.4, -0.2) is 5.91 Å². The fraction of sp³-hybridized carbons (Fsp3) is 0.133. The lowest BCUT2D eigenvalue weighted by Gasteiger charge is -2.08. The average molecular weight is 339 g/mol. The van der Waals surface area contributed by atoms with Crippen LogP contribution in [0.2, 0.25) is 5.02 Å². The first kappa shape index (κ1) is 14.1. The minimum atomic E-state index is -0.182. The molecule has 0 aliphatic carbocycles. The van der Waals surface area contributed by atoms with Crippen molar-refractivity contribution in [1.29, 1.82) is 0 Å². The summed E-state index contributed by atoms with van der Waals surface area (Å²) in [5, 5.41) is 3.39. The van der Waals surface area contributed by atoms with Crippen molar-refractivity contribution in [1.82, 2.24) is 0 Å². The molecule has 0 saturated carbocycles. The molecule has 0 aliphatic rings. The van der Waals surface area contributed by atoms with Gasteiger partial charge in [-0.3, -0.25) is 4.79 Å². The zero-order valence-corrected chi connectivity index (χ0v) is 12.8. The molecule has 0 heterocycles. The van der Waals surface area contributed by atoms with Gasteiger partial charge in [0.15, 0.2) is 0 Å². The Morgan fingerprint density at radius 3 is 2.53 bits per heavy atom. The van der Waals surface area contributed by atoms with Crippen molar-refractivity contribution in [2.45, 2.75) is 13.3 Å². The summed E-state index contributed by atoms with van der Waals surface area (Å²) in [6.07, 6.45) is 0.980. The molecule has 98 valence electrons. The highest BCUT2D eigenvalue weighted by Gasteiger charge is 2.10. The zero-order valence-electron chi connectivity index (χ0n) is 10.4. The third-order valence-electron chi connectivity index (χ3n) is 2.79. The van der Waals surface area contributed by atoms with E-state index in [1.54, 1.807) is 18.2 Å². The fourth-order valence-corrected chi connectivity index (χ4v) is 2.29. The molecule has 4 heteroatoms. The van der Waals surface area contributed by atoms with E-state index in [2.05, 4.69) is 28.2 Å². The second-order valence-electron chi connectivity index (χ2n) is 4.13. The van der Waals surface area contributed by atoms with E-state index in [0.29, 0.717) is 10.6 Å². The molecule has 19 heavy (non-hydrogen) atoms. The van der Waals surface area contributed by atoms with E-state index in [0.717, 1.165) is 16.6 Å². The summed E-state index contributed by atoms with van der Waals surface area (Å²) in [4.78, 5) is 12.1. The molecular formula is C15H13BrClNO. The van der Waals surface area contributed by atoms with E-state index in [1.165, 1.54) is 5.56 Å². The number of nitrogens with one attached hydrogen (secondary N) is 1. The Kier molecular flexibility index (Phi) is 4.61. The van der Waals surface area contributed by atoms with Gasteiger partial charge < -0.3 is 5.32 Å². The largest absolute Gasteiger partial charge is 0.322 e. The topological polar surface area (TPSA) is 29.1 Å². The van der Waals surface area contributed by atoms with Gasteiger partial charge in [0.25, 0.3) is 5.91 Å². The number of carbonyl (C=O) groups is 1. The Morgan fingerprint density at radius 1 is 1.21 bits per heavy atom. The zero-order chi connectivity index (χ0) is 13.8. The van der Waals surface area contributed by atoms with Crippen LogP contribution in [0, 0.1) is 0 Å². The van der Waals surface area contributed by atoms with E-state index in [-0.39, 0.29) is 5.91 Å². The first-order valence-corrected chi connectivity index (χ1v) is 7.12. The normalized spacial score (nSPS) is 10.3. The van der Waals surface area contributed by atoms with Crippen LogP contribution in [0.25, 0.3) is 0 Å². The molecule has 0 bridgehead atoms. The van der Waals surface area contributed by atoms with Crippen molar-refractivity contribution in [3.05, 3.63) is 63.1 Å². The first-order valence-electron chi connectivity index (χ1n) is 5.95. The predicted octanol–water partition coefficient (Wildman–Crippen LogP) is 4.92. The van der Waals surface area contributed by atoms with Gasteiger partial charge in [0.1, 0.15) is 0 Å². The van der Waals surface area contributed by atoms with Crippen LogP contribution >= 0.6 is 27.5 Å². The Morgan fingerprint density at radius 2 is 1.89 bits per heavy atom. The number of hydrogen-bond acceptors (Lipinski definition) is 1. The molecule has 2 aromatic rings. The quantitative estimate of drug-likeness (QED) is 0.846. The molecule has 0 radical (unpaired) electrons. The Hall–Kier alpha value is -1.32. The van der Waals surface area contributed by atoms with Gasteiger partial charge in [-0.2, -0.15) is 0 Å². The number of benzene rings is 2. The van der Waals surface area contributed by atoms with E-state index >= 15 is 0 Å². The molecule has 2 rings (SSSR count). The monoisotopic (exact) mass is 337 g/mol. The highest BCUT2D eigenvalue weighted by atomic mass is 79.9. The standard InChI is InChI=1S/C15H13BrClNO/c1-2-10-3-6-12(7-4-10)18-15(19)13-9-11(17)5-8-14(13)16/h3-9H,2H2,1H3,(H,18,19). The number of rotatable bonds is 3. The molecule has 2 aromatic carbocycles. The van der Waals surface area contributed by atoms with E-state index in [1.807, 2.05) is 24.3 Å². The van der Waals surface area contributed by atoms with Crippen molar-refractivity contribution in [3.8, 4) is 0 Å². The molecule has 0 saturated heterocycles. The van der Waals surface area contributed by atoms with E-state index in [9.17, 15) is 4.79 Å². The Bertz CT molecular complexity index is 596. The summed E-state index contributed by atoms with van der Waals surface area (Å²) in [6, 6.07) is 12.9. The van der Waals surface area contributed by atoms with Crippen LogP contribution in [-0.2, 0) is 6.42 Å². The average Bonchev–Trinajstić information content (AvgIpc) is 2.42. The number of carbonyl (C=O) groups excluding carboxylic acids is 1. The summed E-state index contributed by atoms with van der Waals surface area (Å²) < 4.78 is 0.722. The van der Waals surface area contributed by atoms with Gasteiger partial charge in [-0.15, -0.1) is 0 Å². The van der Waals surface area contributed by atoms with Gasteiger partial charge >= 0.3 is 0 Å². The molecule has 0 fully saturated rings. The molecule has 1 N–H and O–H groups in total. The second kappa shape index (κ2) is 6.22. The molecule has 0 spiro atoms. The maximum atomic E-state index is 12.1. The van der Waals surface area contributed by atoms with Crippen LogP contribution < -0.4 is 5.32 Å². The third kappa shape index (κ3) is 3.58. The molecular weight excluding hydrogens is 326 g/mol. The lowest BCUT2D eigenvalue weighted by Crippen LogP contribution is -2.12. The van der Waals surface area contributed by atoms with Crippen LogP contribution in [0.5, 0.6) is 0 Å². The highest BCUT2D eigenvalue weighted by molar-refractivity contribution is 9.10. The number of hydrogen-bond donors (Lipinski definition) is 1. The van der Waals surface area contributed by atoms with E-state index < -0.39 is 0 Å². The molecule has 0 aliphatic heterocycles. The number of aryl methyl sites for hydroxylation is 1. The smallest absolute Gasteiger partial charge is 0.256 e. The predicted molar refractivity (Wildman–Crippen MR) is 82.9 cm³/mol. The van der Waals surface area contributed by atoms with Crippen molar-refractivity contribution < 1.29 is 4.79 Å². The van der Waals surface area contributed by atoms with Crippen molar-refractivity contribution in [3.63, 3.8) is 0 Å². The van der Waals surface area contributed by atoms with Crippen molar-refractivity contribution >= 4 is 39.1 Å². The van der Waals surface area contributed by atoms with Gasteiger partial charge in [0.2, 0.25) is 0 Å². The van der Waals surface area contributed by atoms with Gasteiger partial charge in [-0.1, -0.05) is 30.7 Å². The van der Waals surface area contributed by atoms with Crippen LogP contribution in [0.4, 0.5) is 5.69 Å². The summed E-state index contributed by atoms with van der Waals surface area (Å²) in [7, 11) is 0. The Balaban J connectivity index is 2.18. The molecule has 2 nitrogen and oxygen atoms in total. The fourth-order valence-electron chi connectivity index (χ4n) is 1.69. The molecule has 0 aromatic heterocycles. The summed E-state index contributed by atoms with van der Waals surface area (Å²) >= 11 is 9.25. The second-order valence-corrected chi connectivity index (χ2v) is 5.42. The van der Waals surface area contributed by atoms with Crippen LogP contribution in [0.3, 0.4) is 0 Å². The minimum absolute atomic E-state index is 0.182. The number of anilines is 1. The van der Waals surface area contributed by atoms with Crippen LogP contribution in [0.15, 0.2) is 46.9 Å². The lowest BCUT2D eigenvalue weighted by molar-refractivity contribution is 0.102. The first-order chi connectivity index (χ1) is 9.10. The van der Waals surface area contributed by atoms with Gasteiger partial charge in [-0.25, -0.2) is 0 Å². The van der Waals surface area contributed by atoms with Crippen molar-refractivity contribution in [2.75, 3.05) is 5.32 Å². The highest BCUT2D eigenvalue weighted by Crippen LogP contribution is 2.22. The molecule has 0 atom stereocenters. The van der Waals surface area contributed by atoms with Crippen LogP contribution in [0.1, 0.15) is 22.8 Å². The molecule has 1 amide bonds. The summed E-state index contributed by atoms with van der Waals surface area (Å²) in [6.45, 7) is 2.09. The van der Waals surface area contributed by atoms with Gasteiger partial charge in [0.05, 0.1) is 5.56 Å². The number of amides is 1. The van der Waals surface area contributed by atoms with Gasteiger partial charge in [-0.05, 0) is 58.2 Å². The van der Waals surface area contributed by atoms with Gasteiger partial charge in [0, 0.05) is 15.2 Å². The third-order valence-corrected chi connectivity index (χ3v) is 3.72. The minimum Gasteiger partial charge on any atom is -0.322 e. The molecule has 0 unspecified atom stereocenters. The van der Waals surface area contributed by atoms with E-state index in [4.69, 9.17) is 11.6 Å². The summed E-state index contributed by atoms with van der Waals surface area (Å²) in [5.74, 6) is -0.182.